The van der Waals surface area contributed by atoms with Crippen LogP contribution in [0.2, 0.25) is 0 Å². The van der Waals surface area contributed by atoms with Crippen molar-refractivity contribution in [3.63, 3.8) is 0 Å². The molecule has 0 bridgehead atoms. The van der Waals surface area contributed by atoms with Gasteiger partial charge in [-0.05, 0) is 27.7 Å². The Kier molecular flexibility index (Phi) is 3.41. The SMILES string of the molecule is COC12NC(=O)N(C(=O)NC(C)(C)CCl)N1NC2(C)C. The van der Waals surface area contributed by atoms with Gasteiger partial charge in [-0.25, -0.2) is 15.0 Å². The van der Waals surface area contributed by atoms with Gasteiger partial charge in [-0.3, -0.25) is 5.32 Å². The van der Waals surface area contributed by atoms with Crippen LogP contribution in [-0.4, -0.2) is 52.1 Å². The summed E-state index contributed by atoms with van der Waals surface area (Å²) in [7, 11) is 1.47. The quantitative estimate of drug-likeness (QED) is 0.663. The van der Waals surface area contributed by atoms with Crippen molar-refractivity contribution in [2.24, 2.45) is 0 Å². The molecule has 2 rings (SSSR count). The normalized spacial score (nSPS) is 28.7. The van der Waals surface area contributed by atoms with Crippen LogP contribution in [0.5, 0.6) is 0 Å². The Balaban J connectivity index is 2.20. The van der Waals surface area contributed by atoms with E-state index in [0.717, 1.165) is 5.01 Å². The Hall–Kier alpha value is -1.09. The van der Waals surface area contributed by atoms with Gasteiger partial charge >= 0.3 is 12.1 Å². The van der Waals surface area contributed by atoms with Crippen LogP contribution in [0.3, 0.4) is 0 Å². The van der Waals surface area contributed by atoms with Crippen LogP contribution in [0.1, 0.15) is 27.7 Å². The minimum atomic E-state index is -1.08. The predicted octanol–water partition coefficient (Wildman–Crippen LogP) is 0.553. The number of imide groups is 1. The molecule has 0 spiro atoms. The van der Waals surface area contributed by atoms with Crippen molar-refractivity contribution in [3.8, 4) is 0 Å². The smallest absolute Gasteiger partial charge is 0.342 e. The van der Waals surface area contributed by atoms with Crippen LogP contribution in [-0.2, 0) is 4.74 Å². The van der Waals surface area contributed by atoms with Gasteiger partial charge in [-0.1, -0.05) is 5.12 Å². The Bertz CT molecular complexity index is 455. The maximum atomic E-state index is 12.2. The molecule has 0 saturated carbocycles. The van der Waals surface area contributed by atoms with Gasteiger partial charge in [0.15, 0.2) is 0 Å². The third kappa shape index (κ3) is 1.95. The van der Waals surface area contributed by atoms with Crippen LogP contribution in [0.4, 0.5) is 9.59 Å². The number of carbonyl (C=O) groups excluding carboxylic acids is 2. The maximum absolute atomic E-state index is 12.2. The zero-order chi connectivity index (χ0) is 15.3. The van der Waals surface area contributed by atoms with E-state index in [1.807, 2.05) is 13.8 Å². The lowest BCUT2D eigenvalue weighted by molar-refractivity contribution is -0.331. The summed E-state index contributed by atoms with van der Waals surface area (Å²) in [5.41, 5.74) is 1.83. The molecule has 2 saturated heterocycles. The minimum absolute atomic E-state index is 0.225. The van der Waals surface area contributed by atoms with Crippen molar-refractivity contribution >= 4 is 23.7 Å². The largest absolute Gasteiger partial charge is 0.345 e. The first kappa shape index (κ1) is 15.3. The van der Waals surface area contributed by atoms with E-state index in [-0.39, 0.29) is 5.88 Å². The lowest BCUT2D eigenvalue weighted by atomic mass is 9.94. The molecule has 20 heavy (non-hydrogen) atoms. The number of amides is 4. The second-order valence-corrected chi connectivity index (χ2v) is 6.35. The van der Waals surface area contributed by atoms with Gasteiger partial charge < -0.3 is 10.1 Å². The highest BCUT2D eigenvalue weighted by molar-refractivity contribution is 6.18. The van der Waals surface area contributed by atoms with Gasteiger partial charge in [0.25, 0.3) is 5.85 Å². The minimum Gasteiger partial charge on any atom is -0.342 e. The number of halogens is 1. The van der Waals surface area contributed by atoms with E-state index in [0.29, 0.717) is 0 Å². The van der Waals surface area contributed by atoms with E-state index in [1.165, 1.54) is 12.2 Å². The van der Waals surface area contributed by atoms with Crippen LogP contribution in [0, 0.1) is 0 Å². The van der Waals surface area contributed by atoms with Crippen LogP contribution in [0.15, 0.2) is 0 Å². The molecule has 0 aromatic heterocycles. The summed E-state index contributed by atoms with van der Waals surface area (Å²) in [6.07, 6.45) is 0. The molecule has 0 aromatic carbocycles. The number of carbonyl (C=O) groups is 2. The van der Waals surface area contributed by atoms with Gasteiger partial charge in [-0.15, -0.1) is 11.6 Å². The highest BCUT2D eigenvalue weighted by atomic mass is 35.5. The Morgan fingerprint density at radius 2 is 2.10 bits per heavy atom. The Morgan fingerprint density at radius 1 is 1.50 bits per heavy atom. The lowest BCUT2D eigenvalue weighted by Gasteiger charge is -2.58. The average molecular weight is 306 g/mol. The summed E-state index contributed by atoms with van der Waals surface area (Å²) in [4.78, 5) is 24.3. The number of nitrogens with zero attached hydrogens (tertiary/aromatic N) is 2. The number of rotatable bonds is 3. The van der Waals surface area contributed by atoms with E-state index in [4.69, 9.17) is 16.3 Å². The van der Waals surface area contributed by atoms with Crippen LogP contribution >= 0.6 is 11.6 Å². The zero-order valence-corrected chi connectivity index (χ0v) is 13.0. The molecule has 0 aliphatic carbocycles. The number of methoxy groups -OCH3 is 1. The number of hydrazine groups is 2. The molecule has 0 radical (unpaired) electrons. The Labute approximate surface area is 122 Å². The van der Waals surface area contributed by atoms with Crippen LogP contribution in [0.25, 0.3) is 0 Å². The summed E-state index contributed by atoms with van der Waals surface area (Å²) in [5, 5.41) is 7.64. The van der Waals surface area contributed by atoms with Gasteiger partial charge in [0.2, 0.25) is 0 Å². The topological polar surface area (TPSA) is 85.9 Å². The van der Waals surface area contributed by atoms with Crippen LogP contribution < -0.4 is 16.1 Å². The first-order valence-electron chi connectivity index (χ1n) is 6.24. The monoisotopic (exact) mass is 305 g/mol. The zero-order valence-electron chi connectivity index (χ0n) is 12.2. The molecular weight excluding hydrogens is 286 g/mol. The van der Waals surface area contributed by atoms with E-state index < -0.39 is 29.0 Å². The van der Waals surface area contributed by atoms with Gasteiger partial charge in [-0.2, -0.15) is 5.01 Å². The second-order valence-electron chi connectivity index (χ2n) is 6.09. The molecule has 114 valence electrons. The number of hydrogen-bond donors (Lipinski definition) is 3. The number of nitrogens with one attached hydrogen (secondary N) is 3. The highest BCUT2D eigenvalue weighted by Crippen LogP contribution is 2.40. The third-order valence-corrected chi connectivity index (χ3v) is 4.13. The number of urea groups is 2. The standard InChI is InChI=1S/C11H20ClN5O3/c1-9(2,6-12)13-7(18)16-8(19)14-11(20-5)10(3,4)15-17(11)16/h15H,6H2,1-5H3,(H,13,18)(H,14,19). The van der Waals surface area contributed by atoms with E-state index in [2.05, 4.69) is 16.1 Å². The van der Waals surface area contributed by atoms with Crippen molar-refractivity contribution in [2.75, 3.05) is 13.0 Å². The third-order valence-electron chi connectivity index (χ3n) is 3.47. The van der Waals surface area contributed by atoms with Crippen molar-refractivity contribution in [1.29, 1.82) is 0 Å². The molecule has 8 nitrogen and oxygen atoms in total. The van der Waals surface area contributed by atoms with E-state index in [9.17, 15) is 9.59 Å². The maximum Gasteiger partial charge on any atom is 0.345 e. The number of ether oxygens (including phenoxy) is 1. The molecule has 2 fully saturated rings. The number of alkyl halides is 1. The fraction of sp³-hybridized carbons (Fsp3) is 0.818. The van der Waals surface area contributed by atoms with Gasteiger partial charge in [0, 0.05) is 18.5 Å². The molecular formula is C11H20ClN5O3. The summed E-state index contributed by atoms with van der Waals surface area (Å²) >= 11 is 5.77. The Morgan fingerprint density at radius 3 is 2.50 bits per heavy atom. The summed E-state index contributed by atoms with van der Waals surface area (Å²) in [6, 6.07) is -1.14. The molecule has 2 heterocycles. The summed E-state index contributed by atoms with van der Waals surface area (Å²) < 4.78 is 5.40. The van der Waals surface area contributed by atoms with Crippen molar-refractivity contribution in [2.45, 2.75) is 44.6 Å². The predicted molar refractivity (Wildman–Crippen MR) is 72.5 cm³/mol. The molecule has 3 N–H and O–H groups in total. The molecule has 4 amide bonds. The van der Waals surface area contributed by atoms with E-state index >= 15 is 0 Å². The van der Waals surface area contributed by atoms with Crippen molar-refractivity contribution in [1.82, 2.24) is 26.2 Å². The molecule has 9 heteroatoms. The van der Waals surface area contributed by atoms with Gasteiger partial charge in [0.1, 0.15) is 0 Å². The fourth-order valence-electron chi connectivity index (χ4n) is 2.27. The first-order chi connectivity index (χ1) is 9.10. The summed E-state index contributed by atoms with van der Waals surface area (Å²) in [6.45, 7) is 7.25. The van der Waals surface area contributed by atoms with Gasteiger partial charge in [0.05, 0.1) is 5.54 Å². The van der Waals surface area contributed by atoms with Crippen molar-refractivity contribution in [3.05, 3.63) is 0 Å². The molecule has 1 atom stereocenters. The first-order valence-corrected chi connectivity index (χ1v) is 6.77. The average Bonchev–Trinajstić information content (AvgIpc) is 2.58. The highest BCUT2D eigenvalue weighted by Gasteiger charge is 2.70. The second kappa shape index (κ2) is 4.45. The molecule has 2 aliphatic rings. The lowest BCUT2D eigenvalue weighted by Crippen LogP contribution is -2.88. The summed E-state index contributed by atoms with van der Waals surface area (Å²) in [5.74, 6) is -0.852. The fourth-order valence-corrected chi connectivity index (χ4v) is 2.34. The molecule has 2 aliphatic heterocycles. The number of fused-ring (bicyclic) bond motifs is 1. The number of hydrogen-bond acceptors (Lipinski definition) is 5. The van der Waals surface area contributed by atoms with Crippen molar-refractivity contribution < 1.29 is 14.3 Å². The van der Waals surface area contributed by atoms with E-state index in [1.54, 1.807) is 13.8 Å². The molecule has 0 aromatic rings. The molecule has 1 unspecified atom stereocenters.